The first-order chi connectivity index (χ1) is 7.17. The number of hydrogen-bond acceptors (Lipinski definition) is 2. The molecule has 0 amide bonds. The molecule has 2 N–H and O–H groups in total. The summed E-state index contributed by atoms with van der Waals surface area (Å²) in [4.78, 5) is 2.55. The maximum absolute atomic E-state index is 5.88. The van der Waals surface area contributed by atoms with Gasteiger partial charge in [-0.2, -0.15) is 0 Å². The third-order valence-corrected chi connectivity index (χ3v) is 4.84. The lowest BCUT2D eigenvalue weighted by molar-refractivity contribution is 0.100. The highest BCUT2D eigenvalue weighted by Gasteiger charge is 2.36. The average molecular weight is 210 g/mol. The largest absolute Gasteiger partial charge is 0.330 e. The SMILES string of the molecule is CC(C1CC1)N(C)CCC1(CN)CCC1. The van der Waals surface area contributed by atoms with E-state index in [0.29, 0.717) is 5.41 Å². The van der Waals surface area contributed by atoms with Crippen LogP contribution in [0.2, 0.25) is 0 Å². The highest BCUT2D eigenvalue weighted by molar-refractivity contribution is 4.90. The van der Waals surface area contributed by atoms with Crippen molar-refractivity contribution in [1.29, 1.82) is 0 Å². The van der Waals surface area contributed by atoms with Crippen LogP contribution in [0, 0.1) is 11.3 Å². The van der Waals surface area contributed by atoms with Gasteiger partial charge in [0.25, 0.3) is 0 Å². The van der Waals surface area contributed by atoms with Crippen molar-refractivity contribution in [2.75, 3.05) is 20.1 Å². The van der Waals surface area contributed by atoms with E-state index in [1.807, 2.05) is 0 Å². The van der Waals surface area contributed by atoms with Gasteiger partial charge in [0.2, 0.25) is 0 Å². The van der Waals surface area contributed by atoms with E-state index >= 15 is 0 Å². The summed E-state index contributed by atoms with van der Waals surface area (Å²) >= 11 is 0. The molecule has 2 nitrogen and oxygen atoms in total. The van der Waals surface area contributed by atoms with Gasteiger partial charge in [-0.25, -0.2) is 0 Å². The third kappa shape index (κ3) is 2.54. The zero-order valence-corrected chi connectivity index (χ0v) is 10.3. The lowest BCUT2D eigenvalue weighted by Gasteiger charge is -2.42. The minimum atomic E-state index is 0.525. The Morgan fingerprint density at radius 3 is 2.47 bits per heavy atom. The van der Waals surface area contributed by atoms with E-state index in [4.69, 9.17) is 5.73 Å². The molecule has 0 radical (unpaired) electrons. The van der Waals surface area contributed by atoms with Crippen molar-refractivity contribution >= 4 is 0 Å². The molecule has 1 unspecified atom stereocenters. The first-order valence-corrected chi connectivity index (χ1v) is 6.57. The first-order valence-electron chi connectivity index (χ1n) is 6.57. The second-order valence-corrected chi connectivity index (χ2v) is 5.87. The topological polar surface area (TPSA) is 29.3 Å². The maximum Gasteiger partial charge on any atom is 0.00921 e. The molecule has 0 aliphatic heterocycles. The van der Waals surface area contributed by atoms with Gasteiger partial charge < -0.3 is 10.6 Å². The van der Waals surface area contributed by atoms with Gasteiger partial charge in [-0.3, -0.25) is 0 Å². The van der Waals surface area contributed by atoms with Gasteiger partial charge in [-0.1, -0.05) is 6.42 Å². The fourth-order valence-corrected chi connectivity index (χ4v) is 2.79. The van der Waals surface area contributed by atoms with Gasteiger partial charge in [-0.05, 0) is 70.5 Å². The molecule has 0 spiro atoms. The maximum atomic E-state index is 5.88. The molecule has 0 aromatic heterocycles. The summed E-state index contributed by atoms with van der Waals surface area (Å²) in [7, 11) is 2.28. The molecule has 15 heavy (non-hydrogen) atoms. The van der Waals surface area contributed by atoms with Gasteiger partial charge >= 0.3 is 0 Å². The van der Waals surface area contributed by atoms with Crippen molar-refractivity contribution in [2.24, 2.45) is 17.1 Å². The molecule has 2 aliphatic carbocycles. The predicted octanol–water partition coefficient (Wildman–Crippen LogP) is 2.24. The molecule has 0 bridgehead atoms. The van der Waals surface area contributed by atoms with Crippen molar-refractivity contribution in [3.05, 3.63) is 0 Å². The molecular weight excluding hydrogens is 184 g/mol. The number of nitrogens with two attached hydrogens (primary N) is 1. The molecule has 0 heterocycles. The fourth-order valence-electron chi connectivity index (χ4n) is 2.79. The van der Waals surface area contributed by atoms with Crippen LogP contribution >= 0.6 is 0 Å². The van der Waals surface area contributed by atoms with Crippen LogP contribution in [0.25, 0.3) is 0 Å². The van der Waals surface area contributed by atoms with E-state index in [2.05, 4.69) is 18.9 Å². The van der Waals surface area contributed by atoms with Crippen LogP contribution in [0.3, 0.4) is 0 Å². The molecule has 0 aromatic rings. The predicted molar refractivity (Wildman–Crippen MR) is 64.8 cm³/mol. The molecule has 2 heteroatoms. The van der Waals surface area contributed by atoms with E-state index in [0.717, 1.165) is 18.5 Å². The van der Waals surface area contributed by atoms with Gasteiger partial charge in [0, 0.05) is 6.04 Å². The van der Waals surface area contributed by atoms with Gasteiger partial charge in [0.15, 0.2) is 0 Å². The molecule has 2 rings (SSSR count). The Morgan fingerprint density at radius 2 is 2.07 bits per heavy atom. The average Bonchev–Trinajstić information content (AvgIpc) is 2.98. The minimum Gasteiger partial charge on any atom is -0.330 e. The fraction of sp³-hybridized carbons (Fsp3) is 1.00. The molecule has 2 aliphatic rings. The normalized spacial score (nSPS) is 26.4. The van der Waals surface area contributed by atoms with Crippen LogP contribution in [0.15, 0.2) is 0 Å². The molecule has 1 atom stereocenters. The second-order valence-electron chi connectivity index (χ2n) is 5.87. The molecule has 2 saturated carbocycles. The quantitative estimate of drug-likeness (QED) is 0.728. The second kappa shape index (κ2) is 4.42. The number of rotatable bonds is 6. The summed E-state index contributed by atoms with van der Waals surface area (Å²) in [6.07, 6.45) is 8.36. The van der Waals surface area contributed by atoms with Crippen molar-refractivity contribution < 1.29 is 0 Å². The standard InChI is InChI=1S/C13H26N2/c1-11(12-4-5-12)15(2)9-8-13(10-14)6-3-7-13/h11-12H,3-10,14H2,1-2H3. The Balaban J connectivity index is 1.71. The minimum absolute atomic E-state index is 0.525. The number of hydrogen-bond donors (Lipinski definition) is 1. The monoisotopic (exact) mass is 210 g/mol. The van der Waals surface area contributed by atoms with Crippen LogP contribution in [-0.4, -0.2) is 31.1 Å². The summed E-state index contributed by atoms with van der Waals surface area (Å²) in [5.74, 6) is 0.991. The van der Waals surface area contributed by atoms with Crippen LogP contribution < -0.4 is 5.73 Å². The zero-order chi connectivity index (χ0) is 10.9. The number of nitrogens with zero attached hydrogens (tertiary/aromatic N) is 1. The van der Waals surface area contributed by atoms with Crippen molar-refractivity contribution in [3.63, 3.8) is 0 Å². The summed E-state index contributed by atoms with van der Waals surface area (Å²) < 4.78 is 0. The van der Waals surface area contributed by atoms with E-state index in [1.165, 1.54) is 45.1 Å². The zero-order valence-electron chi connectivity index (χ0n) is 10.3. The van der Waals surface area contributed by atoms with Crippen LogP contribution in [0.1, 0.15) is 45.4 Å². The van der Waals surface area contributed by atoms with E-state index in [1.54, 1.807) is 0 Å². The molecule has 0 aromatic carbocycles. The van der Waals surface area contributed by atoms with E-state index < -0.39 is 0 Å². The Bertz CT molecular complexity index is 201. The summed E-state index contributed by atoms with van der Waals surface area (Å²) in [6, 6.07) is 0.792. The summed E-state index contributed by atoms with van der Waals surface area (Å²) in [5, 5.41) is 0. The highest BCUT2D eigenvalue weighted by atomic mass is 15.1. The summed E-state index contributed by atoms with van der Waals surface area (Å²) in [6.45, 7) is 4.53. The Labute approximate surface area is 94.2 Å². The third-order valence-electron chi connectivity index (χ3n) is 4.84. The van der Waals surface area contributed by atoms with Crippen LogP contribution in [0.5, 0.6) is 0 Å². The Kier molecular flexibility index (Phi) is 3.36. The Morgan fingerprint density at radius 1 is 1.40 bits per heavy atom. The van der Waals surface area contributed by atoms with E-state index in [9.17, 15) is 0 Å². The summed E-state index contributed by atoms with van der Waals surface area (Å²) in [5.41, 5.74) is 6.41. The van der Waals surface area contributed by atoms with E-state index in [-0.39, 0.29) is 0 Å². The molecule has 2 fully saturated rings. The highest BCUT2D eigenvalue weighted by Crippen LogP contribution is 2.43. The lowest BCUT2D eigenvalue weighted by Crippen LogP contribution is -2.41. The molecular formula is C13H26N2. The van der Waals surface area contributed by atoms with Gasteiger partial charge in [0.05, 0.1) is 0 Å². The first kappa shape index (κ1) is 11.4. The lowest BCUT2D eigenvalue weighted by atomic mass is 9.66. The van der Waals surface area contributed by atoms with Crippen molar-refractivity contribution in [1.82, 2.24) is 4.90 Å². The van der Waals surface area contributed by atoms with Crippen LogP contribution in [0.4, 0.5) is 0 Å². The van der Waals surface area contributed by atoms with Gasteiger partial charge in [0.1, 0.15) is 0 Å². The van der Waals surface area contributed by atoms with Crippen molar-refractivity contribution in [2.45, 2.75) is 51.5 Å². The van der Waals surface area contributed by atoms with Crippen LogP contribution in [-0.2, 0) is 0 Å². The molecule has 0 saturated heterocycles. The molecule has 88 valence electrons. The Hall–Kier alpha value is -0.0800. The van der Waals surface area contributed by atoms with Crippen molar-refractivity contribution in [3.8, 4) is 0 Å². The van der Waals surface area contributed by atoms with Gasteiger partial charge in [-0.15, -0.1) is 0 Å². The smallest absolute Gasteiger partial charge is 0.00921 e.